The van der Waals surface area contributed by atoms with Crippen molar-refractivity contribution in [3.8, 4) is 11.8 Å². The van der Waals surface area contributed by atoms with Gasteiger partial charge in [-0.1, -0.05) is 0 Å². The number of allylic oxidation sites excluding steroid dienone is 1. The predicted octanol–water partition coefficient (Wildman–Crippen LogP) is 1.91. The fourth-order valence-corrected chi connectivity index (χ4v) is 1.05. The molecule has 0 aliphatic carbocycles. The Morgan fingerprint density at radius 3 is 2.36 bits per heavy atom. The maximum Gasteiger partial charge on any atom is 0.118 e. The zero-order chi connectivity index (χ0) is 10.6. The molecule has 0 aliphatic rings. The second-order valence-corrected chi connectivity index (χ2v) is 2.88. The van der Waals surface area contributed by atoms with Gasteiger partial charge in [0.2, 0.25) is 0 Å². The first-order valence-corrected chi connectivity index (χ1v) is 4.20. The summed E-state index contributed by atoms with van der Waals surface area (Å²) in [6.07, 6.45) is 0. The lowest BCUT2D eigenvalue weighted by Gasteiger charge is -2.04. The van der Waals surface area contributed by atoms with Crippen molar-refractivity contribution in [2.24, 2.45) is 5.73 Å². The predicted molar refractivity (Wildman–Crippen MR) is 55.4 cm³/mol. The third kappa shape index (κ3) is 2.05. The minimum Gasteiger partial charge on any atom is -0.497 e. The molecule has 1 aromatic carbocycles. The minimum absolute atomic E-state index is 0.509. The van der Waals surface area contributed by atoms with Crippen molar-refractivity contribution in [3.63, 3.8) is 0 Å². The van der Waals surface area contributed by atoms with E-state index in [-0.39, 0.29) is 0 Å². The van der Waals surface area contributed by atoms with Gasteiger partial charge in [0.25, 0.3) is 0 Å². The van der Waals surface area contributed by atoms with E-state index in [1.165, 1.54) is 0 Å². The van der Waals surface area contributed by atoms with Crippen molar-refractivity contribution >= 4 is 5.70 Å². The van der Waals surface area contributed by atoms with E-state index in [9.17, 15) is 0 Å². The zero-order valence-electron chi connectivity index (χ0n) is 8.24. The van der Waals surface area contributed by atoms with Crippen LogP contribution in [0.1, 0.15) is 12.5 Å². The Labute approximate surface area is 83.4 Å². The average molecular weight is 188 g/mol. The Kier molecular flexibility index (Phi) is 3.14. The second kappa shape index (κ2) is 4.33. The smallest absolute Gasteiger partial charge is 0.118 e. The van der Waals surface area contributed by atoms with Gasteiger partial charge in [-0.15, -0.1) is 0 Å². The molecule has 3 nitrogen and oxygen atoms in total. The number of hydrogen-bond acceptors (Lipinski definition) is 3. The number of ether oxygens (including phenoxy) is 1. The van der Waals surface area contributed by atoms with Crippen molar-refractivity contribution < 1.29 is 4.74 Å². The van der Waals surface area contributed by atoms with Gasteiger partial charge in [0.1, 0.15) is 5.75 Å². The van der Waals surface area contributed by atoms with Gasteiger partial charge in [0.15, 0.2) is 0 Å². The van der Waals surface area contributed by atoms with Crippen LogP contribution in [-0.2, 0) is 0 Å². The van der Waals surface area contributed by atoms with Gasteiger partial charge < -0.3 is 10.5 Å². The summed E-state index contributed by atoms with van der Waals surface area (Å²) in [5.41, 5.74) is 7.63. The largest absolute Gasteiger partial charge is 0.497 e. The van der Waals surface area contributed by atoms with Crippen molar-refractivity contribution in [1.82, 2.24) is 0 Å². The van der Waals surface area contributed by atoms with Crippen LogP contribution in [0.15, 0.2) is 29.8 Å². The van der Waals surface area contributed by atoms with Gasteiger partial charge in [-0.25, -0.2) is 0 Å². The Hall–Kier alpha value is -1.95. The Balaban J connectivity index is 3.05. The molecule has 0 radical (unpaired) electrons. The lowest BCUT2D eigenvalue weighted by molar-refractivity contribution is 0.415. The maximum atomic E-state index is 8.65. The number of nitrogens with zero attached hydrogens (tertiary/aromatic N) is 1. The normalized spacial score (nSPS) is 11.5. The summed E-state index contributed by atoms with van der Waals surface area (Å²) in [5.74, 6) is 0.774. The van der Waals surface area contributed by atoms with Crippen molar-refractivity contribution in [1.29, 1.82) is 5.26 Å². The van der Waals surface area contributed by atoms with E-state index in [0.717, 1.165) is 11.3 Å². The van der Waals surface area contributed by atoms with Crippen molar-refractivity contribution in [2.75, 3.05) is 7.11 Å². The van der Waals surface area contributed by atoms with E-state index in [2.05, 4.69) is 0 Å². The highest BCUT2D eigenvalue weighted by molar-refractivity contribution is 5.68. The highest BCUT2D eigenvalue weighted by Crippen LogP contribution is 2.17. The molecule has 0 spiro atoms. The molecule has 1 rings (SSSR count). The van der Waals surface area contributed by atoms with E-state index in [4.69, 9.17) is 15.7 Å². The van der Waals surface area contributed by atoms with Crippen LogP contribution in [0, 0.1) is 11.3 Å². The summed E-state index contributed by atoms with van der Waals surface area (Å²) in [6, 6.07) is 9.30. The number of nitriles is 1. The molecule has 0 fully saturated rings. The summed E-state index contributed by atoms with van der Waals surface area (Å²) in [5, 5.41) is 8.65. The molecule has 0 aromatic heterocycles. The first kappa shape index (κ1) is 10.1. The van der Waals surface area contributed by atoms with Crippen LogP contribution in [0.4, 0.5) is 0 Å². The standard InChI is InChI=1S/C11H12N2O/c1-8(7-12)11(13)9-3-5-10(14-2)6-4-9/h3-6H,13H2,1-2H3/b11-8+. The van der Waals surface area contributed by atoms with Gasteiger partial charge in [0.05, 0.1) is 18.9 Å². The molecule has 0 saturated carbocycles. The molecule has 0 bridgehead atoms. The van der Waals surface area contributed by atoms with Gasteiger partial charge in [-0.05, 0) is 36.8 Å². The molecule has 0 aliphatic heterocycles. The molecule has 72 valence electrons. The molecule has 0 heterocycles. The second-order valence-electron chi connectivity index (χ2n) is 2.88. The van der Waals surface area contributed by atoms with Crippen LogP contribution < -0.4 is 10.5 Å². The first-order valence-electron chi connectivity index (χ1n) is 4.20. The highest BCUT2D eigenvalue weighted by atomic mass is 16.5. The molecular weight excluding hydrogens is 176 g/mol. The van der Waals surface area contributed by atoms with E-state index in [1.807, 2.05) is 30.3 Å². The quantitative estimate of drug-likeness (QED) is 0.721. The number of rotatable bonds is 2. The Morgan fingerprint density at radius 2 is 1.93 bits per heavy atom. The molecule has 1 aromatic rings. The topological polar surface area (TPSA) is 59.0 Å². The van der Waals surface area contributed by atoms with Crippen LogP contribution in [0.3, 0.4) is 0 Å². The molecular formula is C11H12N2O. The maximum absolute atomic E-state index is 8.65. The van der Waals surface area contributed by atoms with E-state index < -0.39 is 0 Å². The average Bonchev–Trinajstić information content (AvgIpc) is 2.27. The summed E-state index contributed by atoms with van der Waals surface area (Å²) in [4.78, 5) is 0. The summed E-state index contributed by atoms with van der Waals surface area (Å²) < 4.78 is 5.01. The van der Waals surface area contributed by atoms with E-state index >= 15 is 0 Å². The SMILES string of the molecule is COc1ccc(/C(N)=C(/C)C#N)cc1. The molecule has 3 heteroatoms. The van der Waals surface area contributed by atoms with Crippen molar-refractivity contribution in [3.05, 3.63) is 35.4 Å². The summed E-state index contributed by atoms with van der Waals surface area (Å²) in [6.45, 7) is 1.69. The molecule has 0 amide bonds. The van der Waals surface area contributed by atoms with Gasteiger partial charge in [-0.2, -0.15) is 5.26 Å². The fourth-order valence-electron chi connectivity index (χ4n) is 1.05. The molecule has 2 N–H and O–H groups in total. The van der Waals surface area contributed by atoms with Crippen LogP contribution in [0.5, 0.6) is 5.75 Å². The lowest BCUT2D eigenvalue weighted by atomic mass is 10.1. The fraction of sp³-hybridized carbons (Fsp3) is 0.182. The number of nitrogens with two attached hydrogens (primary N) is 1. The van der Waals surface area contributed by atoms with Crippen LogP contribution in [0.2, 0.25) is 0 Å². The number of benzene rings is 1. The Bertz CT molecular complexity index is 385. The Morgan fingerprint density at radius 1 is 1.36 bits per heavy atom. The highest BCUT2D eigenvalue weighted by Gasteiger charge is 2.00. The minimum atomic E-state index is 0.509. The van der Waals surface area contributed by atoms with Crippen LogP contribution >= 0.6 is 0 Å². The summed E-state index contributed by atoms with van der Waals surface area (Å²) in [7, 11) is 1.61. The molecule has 0 saturated heterocycles. The van der Waals surface area contributed by atoms with Crippen molar-refractivity contribution in [2.45, 2.75) is 6.92 Å². The lowest BCUT2D eigenvalue weighted by Crippen LogP contribution is -1.98. The number of methoxy groups -OCH3 is 1. The van der Waals surface area contributed by atoms with Gasteiger partial charge in [0, 0.05) is 5.57 Å². The molecule has 0 atom stereocenters. The van der Waals surface area contributed by atoms with E-state index in [0.29, 0.717) is 11.3 Å². The third-order valence-corrected chi connectivity index (χ3v) is 1.97. The number of hydrogen-bond donors (Lipinski definition) is 1. The van der Waals surface area contributed by atoms with Crippen LogP contribution in [0.25, 0.3) is 5.70 Å². The first-order chi connectivity index (χ1) is 6.69. The monoisotopic (exact) mass is 188 g/mol. The van der Waals surface area contributed by atoms with E-state index in [1.54, 1.807) is 14.0 Å². The zero-order valence-corrected chi connectivity index (χ0v) is 8.24. The summed E-state index contributed by atoms with van der Waals surface area (Å²) >= 11 is 0. The third-order valence-electron chi connectivity index (χ3n) is 1.97. The molecule has 14 heavy (non-hydrogen) atoms. The van der Waals surface area contributed by atoms with Gasteiger partial charge in [-0.3, -0.25) is 0 Å². The molecule has 0 unspecified atom stereocenters. The van der Waals surface area contributed by atoms with Gasteiger partial charge >= 0.3 is 0 Å². The van der Waals surface area contributed by atoms with Crippen LogP contribution in [-0.4, -0.2) is 7.11 Å².